The van der Waals surface area contributed by atoms with E-state index in [9.17, 15) is 26.0 Å². The lowest BCUT2D eigenvalue weighted by Gasteiger charge is -2.25. The van der Waals surface area contributed by atoms with E-state index in [1.807, 2.05) is 0 Å². The molecule has 0 bridgehead atoms. The number of hydrogen-bond donors (Lipinski definition) is 1. The average Bonchev–Trinajstić information content (AvgIpc) is 2.68. The summed E-state index contributed by atoms with van der Waals surface area (Å²) < 4.78 is 83.5. The van der Waals surface area contributed by atoms with Crippen molar-refractivity contribution in [3.63, 3.8) is 0 Å². The highest BCUT2D eigenvalue weighted by Crippen LogP contribution is 2.30. The molecule has 2 aromatic carbocycles. The average molecular weight is 455 g/mol. The summed E-state index contributed by atoms with van der Waals surface area (Å²) in [4.78, 5) is 3.86. The van der Waals surface area contributed by atoms with Gasteiger partial charge in [0.05, 0.1) is 12.2 Å². The van der Waals surface area contributed by atoms with Gasteiger partial charge in [0.2, 0.25) is 10.0 Å². The van der Waals surface area contributed by atoms with Gasteiger partial charge in [-0.25, -0.2) is 12.8 Å². The smallest absolute Gasteiger partial charge is 0.404 e. The fourth-order valence-corrected chi connectivity index (χ4v) is 4.06. The molecule has 0 radical (unpaired) electrons. The van der Waals surface area contributed by atoms with Crippen molar-refractivity contribution in [1.29, 1.82) is 0 Å². The monoisotopic (exact) mass is 455 g/mol. The maximum Gasteiger partial charge on any atom is 0.404 e. The number of rotatable bonds is 7. The van der Waals surface area contributed by atoms with Gasteiger partial charge in [0.1, 0.15) is 5.75 Å². The van der Waals surface area contributed by atoms with Crippen LogP contribution in [0.2, 0.25) is 0 Å². The molecule has 0 saturated carbocycles. The second-order valence-corrected chi connectivity index (χ2v) is 8.42. The van der Waals surface area contributed by atoms with Gasteiger partial charge in [0, 0.05) is 24.1 Å². The maximum absolute atomic E-state index is 13.9. The molecule has 0 fully saturated rings. The van der Waals surface area contributed by atoms with E-state index in [-0.39, 0.29) is 29.4 Å². The Hall–Kier alpha value is -3.34. The highest BCUT2D eigenvalue weighted by atomic mass is 32.2. The number of hydrogen-bond acceptors (Lipinski definition) is 5. The Morgan fingerprint density at radius 2 is 1.77 bits per heavy atom. The number of aromatic nitrogens is 1. The number of benzene rings is 2. The molecule has 31 heavy (non-hydrogen) atoms. The van der Waals surface area contributed by atoms with E-state index in [1.165, 1.54) is 48.8 Å². The fraction of sp³-hybridized carbons (Fsp3) is 0.150. The van der Waals surface area contributed by atoms with Crippen LogP contribution in [-0.2, 0) is 16.6 Å². The predicted octanol–water partition coefficient (Wildman–Crippen LogP) is 4.49. The van der Waals surface area contributed by atoms with Gasteiger partial charge in [-0.1, -0.05) is 6.07 Å². The Bertz CT molecular complexity index is 1140. The first-order valence-electron chi connectivity index (χ1n) is 8.82. The highest BCUT2D eigenvalue weighted by Gasteiger charge is 2.38. The molecule has 164 valence electrons. The lowest BCUT2D eigenvalue weighted by atomic mass is 10.2. The Labute approximate surface area is 175 Å². The van der Waals surface area contributed by atoms with Crippen molar-refractivity contribution in [1.82, 2.24) is 4.98 Å². The van der Waals surface area contributed by atoms with Crippen LogP contribution in [-0.4, -0.2) is 25.3 Å². The third-order valence-electron chi connectivity index (χ3n) is 4.04. The van der Waals surface area contributed by atoms with Crippen LogP contribution in [0.1, 0.15) is 5.56 Å². The number of halogens is 4. The Balaban J connectivity index is 1.89. The van der Waals surface area contributed by atoms with Crippen molar-refractivity contribution in [3.8, 4) is 11.5 Å². The van der Waals surface area contributed by atoms with E-state index in [4.69, 9.17) is 10.5 Å². The van der Waals surface area contributed by atoms with Crippen LogP contribution in [0.25, 0.3) is 0 Å². The topological polar surface area (TPSA) is 85.5 Å². The molecule has 1 heterocycles. The first-order chi connectivity index (χ1) is 14.5. The van der Waals surface area contributed by atoms with Crippen molar-refractivity contribution in [2.24, 2.45) is 0 Å². The predicted molar refractivity (Wildman–Crippen MR) is 108 cm³/mol. The van der Waals surface area contributed by atoms with E-state index in [2.05, 4.69) is 4.98 Å². The number of nitrogens with zero attached hydrogens (tertiary/aromatic N) is 2. The van der Waals surface area contributed by atoms with Gasteiger partial charge in [-0.05, 0) is 48.0 Å². The minimum Gasteiger partial charge on any atom is -0.454 e. The molecule has 2 N–H and O–H groups in total. The van der Waals surface area contributed by atoms with Crippen molar-refractivity contribution in [2.45, 2.75) is 12.7 Å². The first-order valence-corrected chi connectivity index (χ1v) is 10.4. The molecule has 0 aliphatic rings. The molecular weight excluding hydrogens is 438 g/mol. The van der Waals surface area contributed by atoms with Gasteiger partial charge < -0.3 is 10.5 Å². The fourth-order valence-electron chi connectivity index (χ4n) is 2.70. The lowest BCUT2D eigenvalue weighted by molar-refractivity contribution is -0.106. The largest absolute Gasteiger partial charge is 0.454 e. The minimum atomic E-state index is -4.91. The number of pyridine rings is 1. The zero-order valence-electron chi connectivity index (χ0n) is 15.9. The minimum absolute atomic E-state index is 0.0155. The van der Waals surface area contributed by atoms with Gasteiger partial charge >= 0.3 is 6.18 Å². The van der Waals surface area contributed by atoms with Gasteiger partial charge in [-0.2, -0.15) is 13.2 Å². The van der Waals surface area contributed by atoms with Crippen molar-refractivity contribution in [3.05, 3.63) is 78.4 Å². The summed E-state index contributed by atoms with van der Waals surface area (Å²) in [5.74, 6) is -2.68. The van der Waals surface area contributed by atoms with Crippen LogP contribution in [0.4, 0.5) is 28.9 Å². The molecule has 1 aromatic heterocycles. The van der Waals surface area contributed by atoms with Gasteiger partial charge in [-0.15, -0.1) is 0 Å². The zero-order chi connectivity index (χ0) is 22.6. The van der Waals surface area contributed by atoms with E-state index >= 15 is 0 Å². The van der Waals surface area contributed by atoms with Crippen molar-refractivity contribution < 1.29 is 30.7 Å². The molecule has 0 aliphatic carbocycles. The first kappa shape index (κ1) is 22.3. The van der Waals surface area contributed by atoms with Gasteiger partial charge in [0.25, 0.3) is 0 Å². The maximum atomic E-state index is 13.9. The standard InChI is InChI=1S/C20H17F4N3O3S/c21-18-10-15(25)3-8-19(18)30-17-6-4-16(5-7-17)27(12-14-2-1-9-26-11-14)31(28,29)13-20(22,23)24/h1-11H,12-13,25H2. The van der Waals surface area contributed by atoms with Crippen LogP contribution >= 0.6 is 0 Å². The second-order valence-electron chi connectivity index (χ2n) is 6.53. The van der Waals surface area contributed by atoms with E-state index in [0.29, 0.717) is 9.87 Å². The Kier molecular flexibility index (Phi) is 6.34. The summed E-state index contributed by atoms with van der Waals surface area (Å²) in [6.07, 6.45) is -2.10. The third-order valence-corrected chi connectivity index (χ3v) is 5.74. The van der Waals surface area contributed by atoms with Crippen LogP contribution in [0, 0.1) is 5.82 Å². The van der Waals surface area contributed by atoms with Crippen molar-refractivity contribution >= 4 is 21.4 Å². The summed E-state index contributed by atoms with van der Waals surface area (Å²) in [5.41, 5.74) is 6.07. The molecule has 11 heteroatoms. The van der Waals surface area contributed by atoms with E-state index < -0.39 is 27.8 Å². The SMILES string of the molecule is Nc1ccc(Oc2ccc(N(Cc3cccnc3)S(=O)(=O)CC(F)(F)F)cc2)c(F)c1. The molecule has 3 aromatic rings. The molecule has 0 amide bonds. The molecule has 0 atom stereocenters. The Morgan fingerprint density at radius 1 is 1.06 bits per heavy atom. The summed E-state index contributed by atoms with van der Waals surface area (Å²) in [6, 6.07) is 12.1. The van der Waals surface area contributed by atoms with E-state index in [0.717, 1.165) is 6.07 Å². The molecule has 0 spiro atoms. The van der Waals surface area contributed by atoms with Gasteiger partial charge in [0.15, 0.2) is 17.3 Å². The second kappa shape index (κ2) is 8.80. The van der Waals surface area contributed by atoms with Crippen LogP contribution in [0.5, 0.6) is 11.5 Å². The summed E-state index contributed by atoms with van der Waals surface area (Å²) in [6.45, 7) is -0.348. The number of anilines is 2. The number of ether oxygens (including phenoxy) is 1. The molecule has 0 unspecified atom stereocenters. The molecule has 3 rings (SSSR count). The molecule has 6 nitrogen and oxygen atoms in total. The van der Waals surface area contributed by atoms with Crippen molar-refractivity contribution in [2.75, 3.05) is 15.8 Å². The number of nitrogens with two attached hydrogens (primary N) is 1. The number of nitrogen functional groups attached to an aromatic ring is 1. The summed E-state index contributed by atoms with van der Waals surface area (Å²) >= 11 is 0. The number of sulfonamides is 1. The Morgan fingerprint density at radius 3 is 2.35 bits per heavy atom. The molecular formula is C20H17F4N3O3S. The quantitative estimate of drug-likeness (QED) is 0.419. The molecule has 0 saturated heterocycles. The van der Waals surface area contributed by atoms with Crippen LogP contribution in [0.15, 0.2) is 67.0 Å². The molecule has 0 aliphatic heterocycles. The summed E-state index contributed by atoms with van der Waals surface area (Å²) in [7, 11) is -4.75. The van der Waals surface area contributed by atoms with Crippen LogP contribution < -0.4 is 14.8 Å². The highest BCUT2D eigenvalue weighted by molar-refractivity contribution is 7.92. The third kappa shape index (κ3) is 6.07. The van der Waals surface area contributed by atoms with Gasteiger partial charge in [-0.3, -0.25) is 9.29 Å². The number of alkyl halides is 3. The zero-order valence-corrected chi connectivity index (χ0v) is 16.7. The van der Waals surface area contributed by atoms with E-state index in [1.54, 1.807) is 12.1 Å². The summed E-state index contributed by atoms with van der Waals surface area (Å²) in [5, 5.41) is 0. The van der Waals surface area contributed by atoms with Crippen LogP contribution in [0.3, 0.4) is 0 Å². The normalized spacial score (nSPS) is 11.9. The lowest BCUT2D eigenvalue weighted by Crippen LogP contribution is -2.37.